The van der Waals surface area contributed by atoms with Crippen molar-refractivity contribution in [3.8, 4) is 0 Å². The molecule has 17 nitrogen and oxygen atoms in total. The number of esters is 4. The number of rotatable bonds is 75. The van der Waals surface area contributed by atoms with Crippen LogP contribution in [0.4, 0.5) is 0 Å². The number of carbonyl (C=O) groups excluding carboxylic acids is 4. The van der Waals surface area contributed by atoms with Crippen molar-refractivity contribution in [2.45, 2.75) is 414 Å². The Morgan fingerprint density at radius 3 is 0.708 bits per heavy atom. The summed E-state index contributed by atoms with van der Waals surface area (Å²) in [6.45, 7) is 11.8. The van der Waals surface area contributed by atoms with Crippen LogP contribution in [0.5, 0.6) is 0 Å². The third kappa shape index (κ3) is 70.5. The van der Waals surface area contributed by atoms with E-state index >= 15 is 0 Å². The van der Waals surface area contributed by atoms with E-state index in [-0.39, 0.29) is 25.7 Å². The molecule has 0 radical (unpaired) electrons. The highest BCUT2D eigenvalue weighted by molar-refractivity contribution is 7.47. The van der Waals surface area contributed by atoms with Gasteiger partial charge in [-0.05, 0) is 43.4 Å². The summed E-state index contributed by atoms with van der Waals surface area (Å²) in [5.41, 5.74) is 0. The fourth-order valence-electron chi connectivity index (χ4n) is 11.8. The van der Waals surface area contributed by atoms with E-state index < -0.39 is 97.5 Å². The van der Waals surface area contributed by atoms with E-state index in [0.717, 1.165) is 108 Å². The summed E-state index contributed by atoms with van der Waals surface area (Å²) in [7, 11) is -9.91. The molecule has 0 saturated carbocycles. The van der Waals surface area contributed by atoms with Gasteiger partial charge in [-0.1, -0.05) is 344 Å². The zero-order chi connectivity index (χ0) is 70.9. The summed E-state index contributed by atoms with van der Waals surface area (Å²) in [6, 6.07) is 0. The number of hydrogen-bond donors (Lipinski definition) is 3. The van der Waals surface area contributed by atoms with E-state index in [1.165, 1.54) is 199 Å². The summed E-state index contributed by atoms with van der Waals surface area (Å²) in [6.07, 6.45) is 54.3. The lowest BCUT2D eigenvalue weighted by atomic mass is 10.0. The van der Waals surface area contributed by atoms with Crippen LogP contribution in [-0.2, 0) is 65.4 Å². The third-order valence-electron chi connectivity index (χ3n) is 17.9. The summed E-state index contributed by atoms with van der Waals surface area (Å²) < 4.78 is 68.5. The summed E-state index contributed by atoms with van der Waals surface area (Å²) in [4.78, 5) is 72.8. The van der Waals surface area contributed by atoms with Gasteiger partial charge < -0.3 is 33.8 Å². The van der Waals surface area contributed by atoms with E-state index in [0.29, 0.717) is 31.6 Å². The normalized spacial score (nSPS) is 14.1. The van der Waals surface area contributed by atoms with E-state index in [2.05, 4.69) is 48.5 Å². The van der Waals surface area contributed by atoms with Crippen LogP contribution in [0.2, 0.25) is 0 Å². The fourth-order valence-corrected chi connectivity index (χ4v) is 13.4. The van der Waals surface area contributed by atoms with E-state index in [9.17, 15) is 43.2 Å². The Labute approximate surface area is 588 Å². The zero-order valence-corrected chi connectivity index (χ0v) is 64.6. The van der Waals surface area contributed by atoms with Crippen LogP contribution < -0.4 is 0 Å². The number of phosphoric ester groups is 2. The van der Waals surface area contributed by atoms with Crippen molar-refractivity contribution < 1.29 is 80.2 Å². The molecule has 2 unspecified atom stereocenters. The summed E-state index contributed by atoms with van der Waals surface area (Å²) in [5, 5.41) is 10.6. The molecule has 0 spiro atoms. The topological polar surface area (TPSA) is 237 Å². The van der Waals surface area contributed by atoms with E-state index in [1.807, 2.05) is 0 Å². The van der Waals surface area contributed by atoms with Gasteiger partial charge in [0.1, 0.15) is 19.3 Å². The summed E-state index contributed by atoms with van der Waals surface area (Å²) in [5.74, 6) is 0.108. The molecule has 0 fully saturated rings. The van der Waals surface area contributed by atoms with Crippen molar-refractivity contribution in [3.05, 3.63) is 0 Å². The van der Waals surface area contributed by atoms with Gasteiger partial charge in [0.05, 0.1) is 26.4 Å². The number of unbranched alkanes of at least 4 members (excludes halogenated alkanes) is 43. The molecule has 19 heteroatoms. The first-order valence-electron chi connectivity index (χ1n) is 39.8. The van der Waals surface area contributed by atoms with Gasteiger partial charge in [-0.15, -0.1) is 0 Å². The minimum absolute atomic E-state index is 0.105. The second kappa shape index (κ2) is 67.5. The molecule has 0 aliphatic heterocycles. The van der Waals surface area contributed by atoms with Crippen LogP contribution in [0, 0.1) is 17.8 Å². The first-order chi connectivity index (χ1) is 46.2. The van der Waals surface area contributed by atoms with Crippen LogP contribution in [0.25, 0.3) is 0 Å². The van der Waals surface area contributed by atoms with Crippen molar-refractivity contribution in [1.82, 2.24) is 0 Å². The number of ether oxygens (including phenoxy) is 4. The van der Waals surface area contributed by atoms with Crippen LogP contribution in [-0.4, -0.2) is 96.7 Å². The average Bonchev–Trinajstić information content (AvgIpc) is 1.07. The highest BCUT2D eigenvalue weighted by atomic mass is 31.2. The molecular formula is C77H150O17P2. The highest BCUT2D eigenvalue weighted by Gasteiger charge is 2.30. The smallest absolute Gasteiger partial charge is 0.462 e. The van der Waals surface area contributed by atoms with Gasteiger partial charge in [0.2, 0.25) is 0 Å². The van der Waals surface area contributed by atoms with Gasteiger partial charge in [0.15, 0.2) is 12.2 Å². The lowest BCUT2D eigenvalue weighted by Crippen LogP contribution is -2.30. The highest BCUT2D eigenvalue weighted by Crippen LogP contribution is 2.45. The van der Waals surface area contributed by atoms with Crippen LogP contribution in [0.3, 0.4) is 0 Å². The van der Waals surface area contributed by atoms with Crippen LogP contribution in [0.1, 0.15) is 395 Å². The molecule has 0 amide bonds. The Morgan fingerprint density at radius 2 is 0.479 bits per heavy atom. The Morgan fingerprint density at radius 1 is 0.281 bits per heavy atom. The number of aliphatic hydroxyl groups excluding tert-OH is 1. The first-order valence-corrected chi connectivity index (χ1v) is 42.8. The first kappa shape index (κ1) is 94.1. The Bertz CT molecular complexity index is 1870. The predicted molar refractivity (Wildman–Crippen MR) is 391 cm³/mol. The summed E-state index contributed by atoms with van der Waals surface area (Å²) >= 11 is 0. The molecule has 96 heavy (non-hydrogen) atoms. The second-order valence-corrected chi connectivity index (χ2v) is 32.1. The van der Waals surface area contributed by atoms with Crippen LogP contribution in [0.15, 0.2) is 0 Å². The number of phosphoric acid groups is 2. The monoisotopic (exact) mass is 1410 g/mol. The fraction of sp³-hybridized carbons (Fsp3) is 0.948. The molecule has 0 aromatic heterocycles. The number of hydrogen-bond acceptors (Lipinski definition) is 15. The largest absolute Gasteiger partial charge is 0.472 e. The van der Waals surface area contributed by atoms with Crippen molar-refractivity contribution in [2.24, 2.45) is 17.8 Å². The van der Waals surface area contributed by atoms with Gasteiger partial charge >= 0.3 is 39.5 Å². The maximum Gasteiger partial charge on any atom is 0.472 e. The Balaban J connectivity index is 5.23. The molecule has 0 bridgehead atoms. The molecule has 0 heterocycles. The minimum atomic E-state index is -4.96. The molecule has 0 aliphatic carbocycles. The standard InChI is InChI=1S/C77H150O17P2/c1-8-9-10-11-12-13-14-15-16-17-18-22-25-31-36-44-51-58-74(79)87-64-72(93-76(81)60-53-46-37-32-26-23-20-19-21-24-29-34-41-48-55-68(2)3)66-91-95(83,84)89-62-71(78)63-90-96(85,86)92-67-73(65-88-75(80)59-52-45-40-39-43-50-57-70(6)7)94-77(82)61-54-47-38-33-28-27-30-35-42-49-56-69(4)5/h68-73,78H,8-67H2,1-7H3,(H,83,84)(H,85,86)/t71-,72-,73-/m1/s1. The Hall–Kier alpha value is -1.94. The van der Waals surface area contributed by atoms with Gasteiger partial charge in [-0.2, -0.15) is 0 Å². The van der Waals surface area contributed by atoms with Gasteiger partial charge in [0, 0.05) is 25.7 Å². The minimum Gasteiger partial charge on any atom is -0.462 e. The van der Waals surface area contributed by atoms with Crippen molar-refractivity contribution in [3.63, 3.8) is 0 Å². The molecule has 0 rings (SSSR count). The molecular weight excluding hydrogens is 1260 g/mol. The van der Waals surface area contributed by atoms with E-state index in [1.54, 1.807) is 0 Å². The van der Waals surface area contributed by atoms with Gasteiger partial charge in [-0.3, -0.25) is 37.3 Å². The molecule has 0 aromatic rings. The molecule has 0 aliphatic rings. The number of carbonyl (C=O) groups is 4. The van der Waals surface area contributed by atoms with Gasteiger partial charge in [-0.25, -0.2) is 9.13 Å². The van der Waals surface area contributed by atoms with E-state index in [4.69, 9.17) is 37.0 Å². The number of aliphatic hydroxyl groups is 1. The third-order valence-corrected chi connectivity index (χ3v) is 19.8. The second-order valence-electron chi connectivity index (χ2n) is 29.2. The SMILES string of the molecule is CCCCCCCCCCCCCCCCCCCC(=O)OC[C@H](COP(=O)(O)OC[C@@H](O)COP(=O)(O)OC[C@@H](COC(=O)CCCCCCCCC(C)C)OC(=O)CCCCCCCCCCCCC(C)C)OC(=O)CCCCCCCCCCCCCCCCC(C)C. The maximum absolute atomic E-state index is 13.1. The molecule has 0 saturated heterocycles. The molecule has 0 aromatic carbocycles. The predicted octanol–water partition coefficient (Wildman–Crippen LogP) is 22.6. The zero-order valence-electron chi connectivity index (χ0n) is 62.8. The van der Waals surface area contributed by atoms with Crippen molar-refractivity contribution in [1.29, 1.82) is 0 Å². The molecule has 3 N–H and O–H groups in total. The quantitative estimate of drug-likeness (QED) is 0.0222. The molecule has 5 atom stereocenters. The molecule has 570 valence electrons. The van der Waals surface area contributed by atoms with Gasteiger partial charge in [0.25, 0.3) is 0 Å². The van der Waals surface area contributed by atoms with Crippen LogP contribution >= 0.6 is 15.6 Å². The average molecular weight is 1410 g/mol. The maximum atomic E-state index is 13.1. The lowest BCUT2D eigenvalue weighted by molar-refractivity contribution is -0.161. The van der Waals surface area contributed by atoms with Crippen molar-refractivity contribution >= 4 is 39.5 Å². The lowest BCUT2D eigenvalue weighted by Gasteiger charge is -2.21. The van der Waals surface area contributed by atoms with Crippen molar-refractivity contribution in [2.75, 3.05) is 39.6 Å². The Kier molecular flexibility index (Phi) is 66.2.